The van der Waals surface area contributed by atoms with E-state index in [9.17, 15) is 10.4 Å². The molecule has 1 saturated carbocycles. The van der Waals surface area contributed by atoms with Gasteiger partial charge in [-0.25, -0.2) is 0 Å². The van der Waals surface area contributed by atoms with E-state index in [1.165, 1.54) is 6.42 Å². The number of nitrogens with zero attached hydrogens (tertiary/aromatic N) is 2. The van der Waals surface area contributed by atoms with Crippen molar-refractivity contribution in [3.63, 3.8) is 0 Å². The van der Waals surface area contributed by atoms with Crippen molar-refractivity contribution in [1.82, 2.24) is 4.90 Å². The normalized spacial score (nSPS) is 28.6. The zero-order valence-corrected chi connectivity index (χ0v) is 12.1. The number of aliphatic hydroxyl groups is 1. The smallest absolute Gasteiger partial charge is 0.0672 e. The van der Waals surface area contributed by atoms with E-state index >= 15 is 0 Å². The van der Waals surface area contributed by atoms with E-state index < -0.39 is 0 Å². The van der Waals surface area contributed by atoms with Gasteiger partial charge in [0.1, 0.15) is 0 Å². The molecule has 1 aliphatic rings. The molecule has 18 heavy (non-hydrogen) atoms. The molecule has 3 nitrogen and oxygen atoms in total. The fourth-order valence-corrected chi connectivity index (χ4v) is 3.36. The zero-order chi connectivity index (χ0) is 13.5. The monoisotopic (exact) mass is 252 g/mol. The van der Waals surface area contributed by atoms with Crippen LogP contribution in [-0.2, 0) is 0 Å². The molecule has 104 valence electrons. The highest BCUT2D eigenvalue weighted by Crippen LogP contribution is 2.33. The summed E-state index contributed by atoms with van der Waals surface area (Å²) in [6.45, 7) is 7.59. The van der Waals surface area contributed by atoms with E-state index in [-0.39, 0.29) is 12.5 Å². The van der Waals surface area contributed by atoms with Gasteiger partial charge in [0.05, 0.1) is 18.6 Å². The molecule has 0 aromatic rings. The second-order valence-electron chi connectivity index (χ2n) is 5.65. The highest BCUT2D eigenvalue weighted by molar-refractivity contribution is 4.98. The van der Waals surface area contributed by atoms with E-state index in [0.717, 1.165) is 25.7 Å². The lowest BCUT2D eigenvalue weighted by Gasteiger charge is -2.43. The van der Waals surface area contributed by atoms with Crippen molar-refractivity contribution in [2.45, 2.75) is 65.0 Å². The van der Waals surface area contributed by atoms with Gasteiger partial charge in [-0.2, -0.15) is 5.26 Å². The third-order valence-electron chi connectivity index (χ3n) is 4.44. The van der Waals surface area contributed by atoms with E-state index in [1.807, 2.05) is 0 Å². The van der Waals surface area contributed by atoms with Gasteiger partial charge in [0.15, 0.2) is 0 Å². The largest absolute Gasteiger partial charge is 0.395 e. The Kier molecular flexibility index (Phi) is 6.67. The number of rotatable bonds is 6. The van der Waals surface area contributed by atoms with E-state index in [0.29, 0.717) is 24.5 Å². The van der Waals surface area contributed by atoms with Gasteiger partial charge >= 0.3 is 0 Å². The maximum Gasteiger partial charge on any atom is 0.0672 e. The van der Waals surface area contributed by atoms with Crippen LogP contribution in [0.15, 0.2) is 0 Å². The summed E-state index contributed by atoms with van der Waals surface area (Å²) in [6.07, 6.45) is 5.49. The van der Waals surface area contributed by atoms with Crippen LogP contribution in [0.25, 0.3) is 0 Å². The van der Waals surface area contributed by atoms with Crippen LogP contribution in [0.5, 0.6) is 0 Å². The van der Waals surface area contributed by atoms with Crippen LogP contribution in [0.4, 0.5) is 0 Å². The second kappa shape index (κ2) is 7.76. The molecule has 0 aromatic carbocycles. The molecule has 0 heterocycles. The van der Waals surface area contributed by atoms with Crippen LogP contribution in [0.1, 0.15) is 52.9 Å². The maximum absolute atomic E-state index is 9.35. The van der Waals surface area contributed by atoms with Gasteiger partial charge in [0.25, 0.3) is 0 Å². The Balaban J connectivity index is 2.83. The van der Waals surface area contributed by atoms with Crippen LogP contribution in [0.2, 0.25) is 0 Å². The van der Waals surface area contributed by atoms with Crippen molar-refractivity contribution in [3.05, 3.63) is 0 Å². The molecule has 1 N–H and O–H groups in total. The molecular weight excluding hydrogens is 224 g/mol. The maximum atomic E-state index is 9.35. The van der Waals surface area contributed by atoms with Crippen molar-refractivity contribution in [2.24, 2.45) is 11.8 Å². The lowest BCUT2D eigenvalue weighted by Crippen LogP contribution is -2.49. The summed E-state index contributed by atoms with van der Waals surface area (Å²) in [7, 11) is 0. The van der Waals surface area contributed by atoms with Gasteiger partial charge < -0.3 is 5.11 Å². The standard InChI is InChI=1S/C15H28N2O/c1-4-14(5-2)17(8-9-18)15-10-12(3)6-7-13(15)11-16/h12-15,18H,4-10H2,1-3H3. The SMILES string of the molecule is CCC(CC)N(CCO)C1CC(C)CCC1C#N. The van der Waals surface area contributed by atoms with E-state index in [2.05, 4.69) is 31.7 Å². The molecular formula is C15H28N2O. The predicted molar refractivity (Wildman–Crippen MR) is 74.1 cm³/mol. The van der Waals surface area contributed by atoms with Crippen LogP contribution in [0.3, 0.4) is 0 Å². The molecule has 0 aliphatic heterocycles. The van der Waals surface area contributed by atoms with Crippen LogP contribution < -0.4 is 0 Å². The topological polar surface area (TPSA) is 47.3 Å². The Bertz CT molecular complexity index is 270. The van der Waals surface area contributed by atoms with Crippen LogP contribution in [0, 0.1) is 23.2 Å². The van der Waals surface area contributed by atoms with Crippen molar-refractivity contribution >= 4 is 0 Å². The summed E-state index contributed by atoms with van der Waals surface area (Å²) in [6, 6.07) is 3.34. The molecule has 3 heteroatoms. The van der Waals surface area contributed by atoms with Crippen molar-refractivity contribution in [2.75, 3.05) is 13.2 Å². The first-order chi connectivity index (χ1) is 8.67. The third-order valence-corrected chi connectivity index (χ3v) is 4.44. The van der Waals surface area contributed by atoms with Gasteiger partial charge in [0.2, 0.25) is 0 Å². The van der Waals surface area contributed by atoms with Crippen LogP contribution >= 0.6 is 0 Å². The van der Waals surface area contributed by atoms with Crippen molar-refractivity contribution < 1.29 is 5.11 Å². The molecule has 0 saturated heterocycles. The average molecular weight is 252 g/mol. The Hall–Kier alpha value is -0.590. The average Bonchev–Trinajstić information content (AvgIpc) is 2.39. The number of hydrogen-bond donors (Lipinski definition) is 1. The molecule has 1 rings (SSSR count). The number of aliphatic hydroxyl groups excluding tert-OH is 1. The van der Waals surface area contributed by atoms with E-state index in [4.69, 9.17) is 0 Å². The molecule has 0 amide bonds. The molecule has 3 unspecified atom stereocenters. The number of nitriles is 1. The third kappa shape index (κ3) is 3.70. The van der Waals surface area contributed by atoms with Crippen molar-refractivity contribution in [1.29, 1.82) is 5.26 Å². The highest BCUT2D eigenvalue weighted by Gasteiger charge is 2.35. The fraction of sp³-hybridized carbons (Fsp3) is 0.933. The summed E-state index contributed by atoms with van der Waals surface area (Å²) in [5, 5.41) is 18.7. The van der Waals surface area contributed by atoms with Crippen molar-refractivity contribution in [3.8, 4) is 6.07 Å². The molecule has 3 atom stereocenters. The highest BCUT2D eigenvalue weighted by atomic mass is 16.3. The summed E-state index contributed by atoms with van der Waals surface area (Å²) in [5.41, 5.74) is 0. The number of hydrogen-bond acceptors (Lipinski definition) is 3. The summed E-state index contributed by atoms with van der Waals surface area (Å²) in [5.74, 6) is 0.850. The minimum Gasteiger partial charge on any atom is -0.395 e. The van der Waals surface area contributed by atoms with E-state index in [1.54, 1.807) is 0 Å². The Labute approximate surface area is 112 Å². The molecule has 1 aliphatic carbocycles. The molecule has 0 aromatic heterocycles. The Morgan fingerprint density at radius 3 is 2.50 bits per heavy atom. The van der Waals surface area contributed by atoms with Gasteiger partial charge in [-0.3, -0.25) is 4.90 Å². The first-order valence-electron chi connectivity index (χ1n) is 7.44. The first kappa shape index (κ1) is 15.5. The minimum atomic E-state index is 0.147. The lowest BCUT2D eigenvalue weighted by atomic mass is 9.78. The lowest BCUT2D eigenvalue weighted by molar-refractivity contribution is 0.0454. The van der Waals surface area contributed by atoms with Gasteiger partial charge in [-0.1, -0.05) is 20.8 Å². The Morgan fingerprint density at radius 2 is 2.00 bits per heavy atom. The molecule has 0 spiro atoms. The molecule has 1 fully saturated rings. The molecule has 0 radical (unpaired) electrons. The summed E-state index contributed by atoms with van der Waals surface area (Å²) < 4.78 is 0. The van der Waals surface area contributed by atoms with Gasteiger partial charge in [0, 0.05) is 18.6 Å². The summed E-state index contributed by atoms with van der Waals surface area (Å²) in [4.78, 5) is 2.41. The molecule has 0 bridgehead atoms. The zero-order valence-electron chi connectivity index (χ0n) is 12.1. The quantitative estimate of drug-likeness (QED) is 0.790. The minimum absolute atomic E-state index is 0.147. The first-order valence-corrected chi connectivity index (χ1v) is 7.44. The summed E-state index contributed by atoms with van der Waals surface area (Å²) >= 11 is 0. The predicted octanol–water partition coefficient (Wildman–Crippen LogP) is 2.80. The van der Waals surface area contributed by atoms with Crippen LogP contribution in [-0.4, -0.2) is 35.2 Å². The van der Waals surface area contributed by atoms with Gasteiger partial charge in [-0.15, -0.1) is 0 Å². The van der Waals surface area contributed by atoms with Gasteiger partial charge in [-0.05, 0) is 38.0 Å². The Morgan fingerprint density at radius 1 is 1.33 bits per heavy atom. The second-order valence-corrected chi connectivity index (χ2v) is 5.65. The fourth-order valence-electron chi connectivity index (χ4n) is 3.36.